The van der Waals surface area contributed by atoms with Gasteiger partial charge in [-0.1, -0.05) is 11.6 Å². The Labute approximate surface area is 102 Å². The Balaban J connectivity index is 2.49. The first-order valence-corrected chi connectivity index (χ1v) is 5.09. The van der Waals surface area contributed by atoms with Crippen molar-refractivity contribution in [3.63, 3.8) is 0 Å². The normalized spacial score (nSPS) is 10.2. The number of carbonyl (C=O) groups is 1. The van der Waals surface area contributed by atoms with E-state index in [9.17, 15) is 4.79 Å². The second-order valence-electron chi connectivity index (χ2n) is 3.36. The first kappa shape index (κ1) is 11.4. The molecule has 17 heavy (non-hydrogen) atoms. The first-order valence-electron chi connectivity index (χ1n) is 4.72. The van der Waals surface area contributed by atoms with E-state index >= 15 is 0 Å². The van der Waals surface area contributed by atoms with E-state index in [1.54, 1.807) is 24.0 Å². The minimum Gasteiger partial charge on any atom is -0.465 e. The van der Waals surface area contributed by atoms with Gasteiger partial charge in [-0.05, 0) is 12.1 Å². The van der Waals surface area contributed by atoms with Gasteiger partial charge in [-0.3, -0.25) is 10.00 Å². The van der Waals surface area contributed by atoms with Crippen molar-refractivity contribution in [1.82, 2.24) is 14.8 Å². The second-order valence-corrected chi connectivity index (χ2v) is 3.74. The average molecular weight is 253 g/mol. The Morgan fingerprint density at radius 2 is 2.35 bits per heavy atom. The molecule has 0 saturated heterocycles. The third kappa shape index (κ3) is 2.54. The van der Waals surface area contributed by atoms with E-state index in [2.05, 4.69) is 15.4 Å². The van der Waals surface area contributed by atoms with Crippen LogP contribution >= 0.6 is 11.6 Å². The molecular weight excluding hydrogens is 244 g/mol. The van der Waals surface area contributed by atoms with Crippen molar-refractivity contribution in [3.05, 3.63) is 29.7 Å². The van der Waals surface area contributed by atoms with Crippen molar-refractivity contribution in [2.45, 2.75) is 0 Å². The molecule has 0 radical (unpaired) electrons. The fourth-order valence-electron chi connectivity index (χ4n) is 1.41. The molecule has 2 heterocycles. The van der Waals surface area contributed by atoms with Gasteiger partial charge >= 0.3 is 6.09 Å². The molecule has 88 valence electrons. The van der Waals surface area contributed by atoms with Crippen LogP contribution in [0.25, 0.3) is 11.3 Å². The summed E-state index contributed by atoms with van der Waals surface area (Å²) in [5.41, 5.74) is 1.56. The molecule has 2 N–H and O–H groups in total. The van der Waals surface area contributed by atoms with Gasteiger partial charge < -0.3 is 5.11 Å². The Bertz CT molecular complexity index is 567. The molecule has 2 aromatic rings. The highest BCUT2D eigenvalue weighted by atomic mass is 35.5. The number of rotatable bonds is 2. The van der Waals surface area contributed by atoms with Crippen molar-refractivity contribution in [2.75, 3.05) is 5.32 Å². The molecule has 0 spiro atoms. The van der Waals surface area contributed by atoms with Crippen LogP contribution in [-0.4, -0.2) is 26.0 Å². The Kier molecular flexibility index (Phi) is 2.97. The van der Waals surface area contributed by atoms with Crippen molar-refractivity contribution in [3.8, 4) is 11.3 Å². The zero-order valence-corrected chi connectivity index (χ0v) is 9.64. The lowest BCUT2D eigenvalue weighted by Crippen LogP contribution is -2.08. The molecular formula is C10H9ClN4O2. The second kappa shape index (κ2) is 4.42. The molecule has 0 saturated carbocycles. The van der Waals surface area contributed by atoms with Crippen molar-refractivity contribution < 1.29 is 9.90 Å². The van der Waals surface area contributed by atoms with Gasteiger partial charge in [0.1, 0.15) is 5.15 Å². The quantitative estimate of drug-likeness (QED) is 0.803. The van der Waals surface area contributed by atoms with Gasteiger partial charge in [-0.25, -0.2) is 9.78 Å². The lowest BCUT2D eigenvalue weighted by atomic mass is 10.2. The zero-order valence-electron chi connectivity index (χ0n) is 8.88. The molecule has 1 amide bonds. The molecule has 0 aliphatic carbocycles. The zero-order chi connectivity index (χ0) is 12.4. The summed E-state index contributed by atoms with van der Waals surface area (Å²) in [6.45, 7) is 0. The highest BCUT2D eigenvalue weighted by Crippen LogP contribution is 2.27. The summed E-state index contributed by atoms with van der Waals surface area (Å²) in [5.74, 6) is 0. The van der Waals surface area contributed by atoms with Gasteiger partial charge in [0, 0.05) is 25.0 Å². The number of nitrogens with one attached hydrogen (secondary N) is 1. The summed E-state index contributed by atoms with van der Waals surface area (Å²) >= 11 is 5.72. The fourth-order valence-corrected chi connectivity index (χ4v) is 1.57. The predicted molar refractivity (Wildman–Crippen MR) is 63.1 cm³/mol. The van der Waals surface area contributed by atoms with E-state index in [1.807, 2.05) is 0 Å². The largest absolute Gasteiger partial charge is 0.465 e. The van der Waals surface area contributed by atoms with E-state index < -0.39 is 6.09 Å². The maximum atomic E-state index is 10.7. The van der Waals surface area contributed by atoms with Gasteiger partial charge in [0.05, 0.1) is 11.4 Å². The Morgan fingerprint density at radius 1 is 1.59 bits per heavy atom. The van der Waals surface area contributed by atoms with Crippen LogP contribution < -0.4 is 5.32 Å². The van der Waals surface area contributed by atoms with Crippen LogP contribution in [0.3, 0.4) is 0 Å². The van der Waals surface area contributed by atoms with Crippen LogP contribution in [0.5, 0.6) is 0 Å². The summed E-state index contributed by atoms with van der Waals surface area (Å²) in [6, 6.07) is 3.21. The van der Waals surface area contributed by atoms with E-state index in [1.165, 1.54) is 12.3 Å². The van der Waals surface area contributed by atoms with Gasteiger partial charge in [0.2, 0.25) is 0 Å². The lowest BCUT2D eigenvalue weighted by Gasteiger charge is -2.06. The third-order valence-electron chi connectivity index (χ3n) is 2.10. The van der Waals surface area contributed by atoms with E-state index in [0.29, 0.717) is 16.9 Å². The molecule has 7 heteroatoms. The Morgan fingerprint density at radius 3 is 2.94 bits per heavy atom. The van der Waals surface area contributed by atoms with Crippen LogP contribution in [0.1, 0.15) is 0 Å². The number of nitrogens with zero attached hydrogens (tertiary/aromatic N) is 3. The highest BCUT2D eigenvalue weighted by Gasteiger charge is 2.11. The predicted octanol–water partition coefficient (Wildman–Crippen LogP) is 2.23. The number of hydrogen-bond acceptors (Lipinski definition) is 3. The number of amides is 1. The number of hydrogen-bond donors (Lipinski definition) is 2. The number of anilines is 1. The SMILES string of the molecule is Cn1ccc(-c2cnc(Cl)cc2NC(=O)O)n1. The maximum absolute atomic E-state index is 10.7. The molecule has 2 rings (SSSR count). The number of pyridine rings is 1. The molecule has 0 aliphatic rings. The van der Waals surface area contributed by atoms with Crippen LogP contribution in [0, 0.1) is 0 Å². The smallest absolute Gasteiger partial charge is 0.409 e. The lowest BCUT2D eigenvalue weighted by molar-refractivity contribution is 0.210. The van der Waals surface area contributed by atoms with Crippen LogP contribution in [0.15, 0.2) is 24.5 Å². The molecule has 6 nitrogen and oxygen atoms in total. The minimum atomic E-state index is -1.16. The van der Waals surface area contributed by atoms with Crippen molar-refractivity contribution >= 4 is 23.4 Å². The molecule has 2 aromatic heterocycles. The summed E-state index contributed by atoms with van der Waals surface area (Å²) < 4.78 is 1.62. The topological polar surface area (TPSA) is 80.0 Å². The molecule has 0 aliphatic heterocycles. The van der Waals surface area contributed by atoms with Crippen LogP contribution in [0.2, 0.25) is 5.15 Å². The van der Waals surface area contributed by atoms with E-state index in [0.717, 1.165) is 0 Å². The number of halogens is 1. The minimum absolute atomic E-state index is 0.216. The van der Waals surface area contributed by atoms with Gasteiger partial charge in [0.15, 0.2) is 0 Å². The average Bonchev–Trinajstić information content (AvgIpc) is 2.64. The summed E-state index contributed by atoms with van der Waals surface area (Å²) in [6.07, 6.45) is 2.08. The first-order chi connectivity index (χ1) is 8.06. The summed E-state index contributed by atoms with van der Waals surface area (Å²) in [5, 5.41) is 15.4. The van der Waals surface area contributed by atoms with E-state index in [-0.39, 0.29) is 5.15 Å². The standard InChI is InChI=1S/C10H9ClN4O2/c1-15-3-2-7(14-15)6-5-12-9(11)4-8(6)13-10(16)17/h2-5H,1H3,(H,12,13)(H,16,17). The Hall–Kier alpha value is -2.08. The van der Waals surface area contributed by atoms with Crippen LogP contribution in [-0.2, 0) is 7.05 Å². The molecule has 0 aromatic carbocycles. The third-order valence-corrected chi connectivity index (χ3v) is 2.31. The molecule has 0 fully saturated rings. The van der Waals surface area contributed by atoms with Crippen molar-refractivity contribution in [2.24, 2.45) is 7.05 Å². The molecule has 0 atom stereocenters. The molecule has 0 bridgehead atoms. The summed E-state index contributed by atoms with van der Waals surface area (Å²) in [7, 11) is 1.77. The fraction of sp³-hybridized carbons (Fsp3) is 0.100. The van der Waals surface area contributed by atoms with Crippen LogP contribution in [0.4, 0.5) is 10.5 Å². The number of aryl methyl sites for hydroxylation is 1. The summed E-state index contributed by atoms with van der Waals surface area (Å²) in [4.78, 5) is 14.6. The molecule has 0 unspecified atom stereocenters. The monoisotopic (exact) mass is 252 g/mol. The maximum Gasteiger partial charge on any atom is 0.409 e. The van der Waals surface area contributed by atoms with E-state index in [4.69, 9.17) is 16.7 Å². The number of carboxylic acid groups (broad SMARTS) is 1. The van der Waals surface area contributed by atoms with Gasteiger partial charge in [-0.2, -0.15) is 5.10 Å². The number of aromatic nitrogens is 3. The highest BCUT2D eigenvalue weighted by molar-refractivity contribution is 6.29. The van der Waals surface area contributed by atoms with Gasteiger partial charge in [0.25, 0.3) is 0 Å². The van der Waals surface area contributed by atoms with Gasteiger partial charge in [-0.15, -0.1) is 0 Å². The van der Waals surface area contributed by atoms with Crippen molar-refractivity contribution in [1.29, 1.82) is 0 Å².